The van der Waals surface area contributed by atoms with Crippen LogP contribution in [0.15, 0.2) is 27.9 Å². The van der Waals surface area contributed by atoms with Gasteiger partial charge in [-0.2, -0.15) is 4.98 Å². The number of carbonyl (C=O) groups is 1. The molecule has 0 amide bonds. The van der Waals surface area contributed by atoms with E-state index >= 15 is 0 Å². The van der Waals surface area contributed by atoms with E-state index in [-0.39, 0.29) is 5.56 Å². The van der Waals surface area contributed by atoms with Crippen molar-refractivity contribution in [3.05, 3.63) is 35.6 Å². The minimum atomic E-state index is -0.980. The predicted molar refractivity (Wildman–Crippen MR) is 69.1 cm³/mol. The summed E-state index contributed by atoms with van der Waals surface area (Å²) in [5.74, 6) is 0.836. The van der Waals surface area contributed by atoms with Crippen LogP contribution in [-0.2, 0) is 12.2 Å². The van der Waals surface area contributed by atoms with Crippen LogP contribution in [0.25, 0.3) is 0 Å². The van der Waals surface area contributed by atoms with Crippen molar-refractivity contribution in [3.8, 4) is 0 Å². The van der Waals surface area contributed by atoms with Crippen LogP contribution in [0.5, 0.6) is 0 Å². The number of aromatic carboxylic acids is 1. The Labute approximate surface area is 114 Å². The van der Waals surface area contributed by atoms with Crippen LogP contribution in [0.3, 0.4) is 0 Å². The number of carboxylic acids is 1. The summed E-state index contributed by atoms with van der Waals surface area (Å²) in [7, 11) is 0. The summed E-state index contributed by atoms with van der Waals surface area (Å²) >= 11 is 1.44. The Kier molecular flexibility index (Phi) is 4.51. The minimum absolute atomic E-state index is 0.175. The summed E-state index contributed by atoms with van der Waals surface area (Å²) < 4.78 is 5.07. The monoisotopic (exact) mass is 279 g/mol. The maximum atomic E-state index is 10.7. The van der Waals surface area contributed by atoms with Crippen molar-refractivity contribution in [1.82, 2.24) is 15.1 Å². The van der Waals surface area contributed by atoms with Crippen LogP contribution in [0.4, 0.5) is 0 Å². The third-order valence-corrected chi connectivity index (χ3v) is 3.25. The second-order valence-electron chi connectivity index (χ2n) is 3.83. The first kappa shape index (κ1) is 13.5. The zero-order chi connectivity index (χ0) is 13.7. The van der Waals surface area contributed by atoms with Gasteiger partial charge in [-0.05, 0) is 18.6 Å². The number of hydrogen-bond acceptors (Lipinski definition) is 6. The predicted octanol–water partition coefficient (Wildman–Crippen LogP) is 2.41. The number of thioether (sulfide) groups is 1. The highest BCUT2D eigenvalue weighted by Gasteiger charge is 2.07. The Morgan fingerprint density at radius 2 is 2.32 bits per heavy atom. The number of aryl methyl sites for hydroxylation is 1. The van der Waals surface area contributed by atoms with Gasteiger partial charge in [-0.1, -0.05) is 23.8 Å². The van der Waals surface area contributed by atoms with Gasteiger partial charge in [0.2, 0.25) is 5.89 Å². The van der Waals surface area contributed by atoms with E-state index in [1.54, 1.807) is 6.07 Å². The molecule has 0 atom stereocenters. The molecule has 0 aliphatic heterocycles. The zero-order valence-electron chi connectivity index (χ0n) is 10.4. The SMILES string of the molecule is CCCc1nc(CSc2ccc(C(=O)O)cn2)no1. The third-order valence-electron chi connectivity index (χ3n) is 2.31. The van der Waals surface area contributed by atoms with E-state index < -0.39 is 5.97 Å². The van der Waals surface area contributed by atoms with Gasteiger partial charge in [-0.15, -0.1) is 0 Å². The summed E-state index contributed by atoms with van der Waals surface area (Å²) in [6.45, 7) is 2.05. The van der Waals surface area contributed by atoms with Crippen LogP contribution < -0.4 is 0 Å². The van der Waals surface area contributed by atoms with Crippen molar-refractivity contribution in [2.45, 2.75) is 30.5 Å². The van der Waals surface area contributed by atoms with Gasteiger partial charge >= 0.3 is 5.97 Å². The molecule has 7 heteroatoms. The lowest BCUT2D eigenvalue weighted by Gasteiger charge is -1.98. The highest BCUT2D eigenvalue weighted by atomic mass is 32.2. The molecule has 0 aromatic carbocycles. The van der Waals surface area contributed by atoms with Crippen molar-refractivity contribution in [2.75, 3.05) is 0 Å². The van der Waals surface area contributed by atoms with Gasteiger partial charge in [0.25, 0.3) is 0 Å². The Morgan fingerprint density at radius 3 is 2.95 bits per heavy atom. The van der Waals surface area contributed by atoms with Gasteiger partial charge in [-0.3, -0.25) is 0 Å². The van der Waals surface area contributed by atoms with Gasteiger partial charge in [0.15, 0.2) is 5.82 Å². The van der Waals surface area contributed by atoms with Crippen LogP contribution in [0, 0.1) is 0 Å². The largest absolute Gasteiger partial charge is 0.478 e. The van der Waals surface area contributed by atoms with E-state index in [4.69, 9.17) is 9.63 Å². The van der Waals surface area contributed by atoms with Crippen molar-refractivity contribution in [1.29, 1.82) is 0 Å². The summed E-state index contributed by atoms with van der Waals surface area (Å²) in [6.07, 6.45) is 3.08. The van der Waals surface area contributed by atoms with Crippen LogP contribution in [-0.4, -0.2) is 26.2 Å². The standard InChI is InChI=1S/C12H13N3O3S/c1-2-3-10-14-9(15-18-10)7-19-11-5-4-8(6-13-11)12(16)17/h4-6H,2-3,7H2,1H3,(H,16,17). The molecule has 0 saturated heterocycles. The lowest BCUT2D eigenvalue weighted by Crippen LogP contribution is -1.96. The summed E-state index contributed by atoms with van der Waals surface area (Å²) in [5, 5.41) is 13.4. The van der Waals surface area contributed by atoms with Gasteiger partial charge in [0, 0.05) is 12.6 Å². The highest BCUT2D eigenvalue weighted by molar-refractivity contribution is 7.98. The average molecular weight is 279 g/mol. The number of hydrogen-bond donors (Lipinski definition) is 1. The molecule has 2 aromatic heterocycles. The quantitative estimate of drug-likeness (QED) is 0.812. The highest BCUT2D eigenvalue weighted by Crippen LogP contribution is 2.19. The molecular formula is C12H13N3O3S. The fourth-order valence-corrected chi connectivity index (χ4v) is 2.08. The summed E-state index contributed by atoms with van der Waals surface area (Å²) in [5.41, 5.74) is 0.175. The van der Waals surface area contributed by atoms with E-state index in [1.807, 2.05) is 6.92 Å². The van der Waals surface area contributed by atoms with E-state index in [9.17, 15) is 4.79 Å². The van der Waals surface area contributed by atoms with Crippen LogP contribution in [0.2, 0.25) is 0 Å². The van der Waals surface area contributed by atoms with Gasteiger partial charge in [-0.25, -0.2) is 9.78 Å². The molecule has 0 fully saturated rings. The van der Waals surface area contributed by atoms with Crippen molar-refractivity contribution < 1.29 is 14.4 Å². The maximum Gasteiger partial charge on any atom is 0.337 e. The van der Waals surface area contributed by atoms with E-state index in [0.29, 0.717) is 17.5 Å². The van der Waals surface area contributed by atoms with Crippen molar-refractivity contribution >= 4 is 17.7 Å². The van der Waals surface area contributed by atoms with Crippen molar-refractivity contribution in [2.24, 2.45) is 0 Å². The molecule has 2 heterocycles. The molecule has 0 radical (unpaired) electrons. The Bertz CT molecular complexity index is 554. The minimum Gasteiger partial charge on any atom is -0.478 e. The molecule has 2 aromatic rings. The normalized spacial score (nSPS) is 10.6. The number of nitrogens with zero attached hydrogens (tertiary/aromatic N) is 3. The lowest BCUT2D eigenvalue weighted by atomic mass is 10.3. The molecule has 19 heavy (non-hydrogen) atoms. The number of aromatic nitrogens is 3. The Hall–Kier alpha value is -1.89. The van der Waals surface area contributed by atoms with E-state index in [2.05, 4.69) is 15.1 Å². The first-order valence-electron chi connectivity index (χ1n) is 5.82. The molecule has 0 spiro atoms. The third kappa shape index (κ3) is 3.78. The zero-order valence-corrected chi connectivity index (χ0v) is 11.2. The first-order chi connectivity index (χ1) is 9.19. The maximum absolute atomic E-state index is 10.7. The van der Waals surface area contributed by atoms with E-state index in [0.717, 1.165) is 17.9 Å². The molecular weight excluding hydrogens is 266 g/mol. The number of carboxylic acid groups (broad SMARTS) is 1. The first-order valence-corrected chi connectivity index (χ1v) is 6.81. The molecule has 1 N–H and O–H groups in total. The molecule has 100 valence electrons. The molecule has 0 saturated carbocycles. The number of pyridine rings is 1. The van der Waals surface area contributed by atoms with Crippen molar-refractivity contribution in [3.63, 3.8) is 0 Å². The Morgan fingerprint density at radius 1 is 1.47 bits per heavy atom. The second-order valence-corrected chi connectivity index (χ2v) is 4.83. The van der Waals surface area contributed by atoms with Gasteiger partial charge in [0.05, 0.1) is 16.3 Å². The fourth-order valence-electron chi connectivity index (χ4n) is 1.39. The lowest BCUT2D eigenvalue weighted by molar-refractivity contribution is 0.0696. The van der Waals surface area contributed by atoms with Crippen LogP contribution in [0.1, 0.15) is 35.4 Å². The summed E-state index contributed by atoms with van der Waals surface area (Å²) in [6, 6.07) is 3.19. The molecule has 0 unspecified atom stereocenters. The number of rotatable bonds is 6. The molecule has 6 nitrogen and oxygen atoms in total. The van der Waals surface area contributed by atoms with Crippen LogP contribution >= 0.6 is 11.8 Å². The molecule has 2 rings (SSSR count). The average Bonchev–Trinajstić information content (AvgIpc) is 2.85. The molecule has 0 bridgehead atoms. The van der Waals surface area contributed by atoms with Gasteiger partial charge < -0.3 is 9.63 Å². The summed E-state index contributed by atoms with van der Waals surface area (Å²) in [4.78, 5) is 19.0. The van der Waals surface area contributed by atoms with E-state index in [1.165, 1.54) is 24.0 Å². The fraction of sp³-hybridized carbons (Fsp3) is 0.333. The molecule has 0 aliphatic carbocycles. The van der Waals surface area contributed by atoms with Gasteiger partial charge in [0.1, 0.15) is 0 Å². The molecule has 0 aliphatic rings. The second kappa shape index (κ2) is 6.33. The smallest absolute Gasteiger partial charge is 0.337 e. The topological polar surface area (TPSA) is 89.1 Å². The Balaban J connectivity index is 1.92.